The molecule has 4 N–H and O–H groups in total. The van der Waals surface area contributed by atoms with Gasteiger partial charge in [0.05, 0.1) is 6.04 Å². The number of aliphatic carboxylic acids is 1. The number of carboxylic acid groups (broad SMARTS) is 1. The summed E-state index contributed by atoms with van der Waals surface area (Å²) in [5, 5.41) is 18.6. The Labute approximate surface area is 263 Å². The number of urea groups is 1. The molecular weight excluding hydrogens is 578 g/mol. The zero-order valence-corrected chi connectivity index (χ0v) is 26.3. The van der Waals surface area contributed by atoms with Crippen molar-refractivity contribution in [3.05, 3.63) is 42.0 Å². The lowest BCUT2D eigenvalue weighted by molar-refractivity contribution is -0.145. The molecule has 12 heteroatoms. The van der Waals surface area contributed by atoms with E-state index in [4.69, 9.17) is 4.74 Å². The van der Waals surface area contributed by atoms with Crippen molar-refractivity contribution < 1.29 is 33.8 Å². The molecule has 4 aliphatic rings. The molecule has 1 aromatic rings. The Balaban J connectivity index is 1.39. The van der Waals surface area contributed by atoms with Gasteiger partial charge in [0.25, 0.3) is 0 Å². The number of ether oxygens (including phenoxy) is 1. The van der Waals surface area contributed by atoms with E-state index in [1.54, 1.807) is 25.7 Å². The molecule has 1 aromatic carbocycles. The molecule has 1 saturated carbocycles. The van der Waals surface area contributed by atoms with Gasteiger partial charge in [-0.1, -0.05) is 43.2 Å². The van der Waals surface area contributed by atoms with E-state index in [-0.39, 0.29) is 31.3 Å². The first-order chi connectivity index (χ1) is 21.4. The number of carboxylic acids is 1. The minimum atomic E-state index is -1.44. The quantitative estimate of drug-likeness (QED) is 0.376. The van der Waals surface area contributed by atoms with Crippen molar-refractivity contribution in [1.29, 1.82) is 0 Å². The van der Waals surface area contributed by atoms with Crippen LogP contribution < -0.4 is 20.9 Å². The van der Waals surface area contributed by atoms with Crippen molar-refractivity contribution in [3.8, 4) is 0 Å². The van der Waals surface area contributed by atoms with Gasteiger partial charge < -0.3 is 30.7 Å². The molecule has 5 rings (SSSR count). The van der Waals surface area contributed by atoms with Crippen LogP contribution in [0.4, 0.5) is 15.3 Å². The third-order valence-electron chi connectivity index (χ3n) is 9.03. The number of para-hydroxylation sites is 1. The van der Waals surface area contributed by atoms with Crippen molar-refractivity contribution in [2.24, 2.45) is 5.92 Å². The van der Waals surface area contributed by atoms with Crippen molar-refractivity contribution >= 4 is 35.6 Å². The van der Waals surface area contributed by atoms with E-state index in [1.807, 2.05) is 36.4 Å². The highest BCUT2D eigenvalue weighted by molar-refractivity contribution is 5.97. The Bertz CT molecular complexity index is 1360. The predicted octanol–water partition coefficient (Wildman–Crippen LogP) is 3.49. The number of hydrogen-bond acceptors (Lipinski definition) is 6. The zero-order valence-electron chi connectivity index (χ0n) is 26.3. The number of benzene rings is 1. The molecule has 0 spiro atoms. The second-order valence-corrected chi connectivity index (χ2v) is 13.6. The normalized spacial score (nSPS) is 29.5. The summed E-state index contributed by atoms with van der Waals surface area (Å²) in [6.07, 6.45) is 8.52. The standard InChI is InChI=1S/C33H45N5O7/c1-32(2,3)45-31(44)35-24-15-8-6-4-5-7-14-22-19-33(22,29(41)42)36-27(39)26-18-23(20-38(26)28(24)40)34-30(43)37-17-11-13-21-12-9-10-16-25(21)37/h7,9-10,12,14,16,22-24,26H,4-6,8,11,13,15,17-20H2,1-3H3,(H,34,43)(H,35,44)(H,36,39)(H,41,42)/b14-7-/t22-,23-,24+,26+,33-/m1/s1. The summed E-state index contributed by atoms with van der Waals surface area (Å²) in [6.45, 7) is 5.78. The lowest BCUT2D eigenvalue weighted by atomic mass is 10.0. The maximum absolute atomic E-state index is 14.1. The molecule has 1 aliphatic carbocycles. The number of anilines is 1. The molecule has 12 nitrogen and oxygen atoms in total. The first-order valence-corrected chi connectivity index (χ1v) is 16.1. The van der Waals surface area contributed by atoms with Gasteiger partial charge in [0.15, 0.2) is 0 Å². The van der Waals surface area contributed by atoms with Crippen LogP contribution in [0.2, 0.25) is 0 Å². The smallest absolute Gasteiger partial charge is 0.408 e. The number of carbonyl (C=O) groups excluding carboxylic acids is 4. The van der Waals surface area contributed by atoms with Gasteiger partial charge in [0, 0.05) is 24.7 Å². The highest BCUT2D eigenvalue weighted by Crippen LogP contribution is 2.45. The van der Waals surface area contributed by atoms with Crippen LogP contribution in [0.3, 0.4) is 0 Å². The molecule has 2 fully saturated rings. The molecule has 0 radical (unpaired) electrons. The molecule has 5 amide bonds. The summed E-state index contributed by atoms with van der Waals surface area (Å²) < 4.78 is 5.44. The van der Waals surface area contributed by atoms with Crippen molar-refractivity contribution in [2.45, 2.75) is 108 Å². The van der Waals surface area contributed by atoms with Gasteiger partial charge in [0.1, 0.15) is 23.2 Å². The summed E-state index contributed by atoms with van der Waals surface area (Å²) in [5.74, 6) is -2.52. The Morgan fingerprint density at radius 3 is 2.60 bits per heavy atom. The van der Waals surface area contributed by atoms with E-state index in [2.05, 4.69) is 16.0 Å². The van der Waals surface area contributed by atoms with Gasteiger partial charge >= 0.3 is 18.1 Å². The fourth-order valence-electron chi connectivity index (χ4n) is 6.65. The average Bonchev–Trinajstić information content (AvgIpc) is 3.51. The lowest BCUT2D eigenvalue weighted by Gasteiger charge is -2.31. The Morgan fingerprint density at radius 1 is 1.07 bits per heavy atom. The number of alkyl carbamates (subject to hydrolysis) is 1. The number of hydrogen-bond donors (Lipinski definition) is 4. The molecule has 0 bridgehead atoms. The van der Waals surface area contributed by atoms with Crippen molar-refractivity contribution in [2.75, 3.05) is 18.0 Å². The number of carbonyl (C=O) groups is 5. The van der Waals surface area contributed by atoms with E-state index in [0.29, 0.717) is 19.4 Å². The number of allylic oxidation sites excluding steroid dienone is 1. The Hall–Kier alpha value is -4.09. The van der Waals surface area contributed by atoms with Crippen LogP contribution in [0.5, 0.6) is 0 Å². The van der Waals surface area contributed by atoms with Crippen molar-refractivity contribution in [3.63, 3.8) is 0 Å². The van der Waals surface area contributed by atoms with Crippen molar-refractivity contribution in [1.82, 2.24) is 20.9 Å². The average molecular weight is 624 g/mol. The minimum Gasteiger partial charge on any atom is -0.479 e. The second-order valence-electron chi connectivity index (χ2n) is 13.6. The fourth-order valence-corrected chi connectivity index (χ4v) is 6.65. The Kier molecular flexibility index (Phi) is 9.41. The summed E-state index contributed by atoms with van der Waals surface area (Å²) in [7, 11) is 0. The zero-order chi connectivity index (χ0) is 32.4. The van der Waals surface area contributed by atoms with E-state index >= 15 is 0 Å². The maximum atomic E-state index is 14.1. The minimum absolute atomic E-state index is 0.0358. The molecular formula is C33H45N5O7. The van der Waals surface area contributed by atoms with Gasteiger partial charge in [-0.15, -0.1) is 0 Å². The molecule has 0 unspecified atom stereocenters. The third-order valence-corrected chi connectivity index (χ3v) is 9.03. The predicted molar refractivity (Wildman–Crippen MR) is 167 cm³/mol. The van der Waals surface area contributed by atoms with E-state index in [1.165, 1.54) is 4.90 Å². The monoisotopic (exact) mass is 623 g/mol. The van der Waals surface area contributed by atoms with Gasteiger partial charge in [-0.05, 0) is 77.3 Å². The van der Waals surface area contributed by atoms with Crippen LogP contribution >= 0.6 is 0 Å². The van der Waals surface area contributed by atoms with Crippen LogP contribution in [0.15, 0.2) is 36.4 Å². The lowest BCUT2D eigenvalue weighted by Crippen LogP contribution is -2.56. The van der Waals surface area contributed by atoms with Crippen LogP contribution in [0.1, 0.15) is 77.7 Å². The maximum Gasteiger partial charge on any atom is 0.408 e. The summed E-state index contributed by atoms with van der Waals surface area (Å²) in [4.78, 5) is 69.7. The molecule has 1 saturated heterocycles. The number of amides is 5. The van der Waals surface area contributed by atoms with Crippen LogP contribution in [0, 0.1) is 5.92 Å². The number of nitrogens with one attached hydrogen (secondary N) is 3. The highest BCUT2D eigenvalue weighted by atomic mass is 16.6. The SMILES string of the molecule is CC(C)(C)OC(=O)N[C@H]1CCCCC/C=C\[C@@H]2C[C@@]2(C(=O)O)NC(=O)[C@@H]2C[C@@H](NC(=O)N3CCCc4ccccc43)CN2C1=O. The number of rotatable bonds is 3. The fraction of sp³-hybridized carbons (Fsp3) is 0.606. The summed E-state index contributed by atoms with van der Waals surface area (Å²) >= 11 is 0. The van der Waals surface area contributed by atoms with Gasteiger partial charge in [0.2, 0.25) is 11.8 Å². The van der Waals surface area contributed by atoms with E-state index in [9.17, 15) is 29.1 Å². The third kappa shape index (κ3) is 7.42. The molecule has 45 heavy (non-hydrogen) atoms. The molecule has 5 atom stereocenters. The van der Waals surface area contributed by atoms with Crippen LogP contribution in [-0.4, -0.2) is 82.3 Å². The van der Waals surface area contributed by atoms with E-state index < -0.39 is 53.1 Å². The highest BCUT2D eigenvalue weighted by Gasteiger charge is 2.61. The topological polar surface area (TPSA) is 157 Å². The molecule has 3 aliphatic heterocycles. The van der Waals surface area contributed by atoms with Gasteiger partial charge in [-0.2, -0.15) is 0 Å². The first-order valence-electron chi connectivity index (χ1n) is 16.1. The first kappa shape index (κ1) is 32.3. The molecule has 0 aromatic heterocycles. The van der Waals surface area contributed by atoms with Crippen LogP contribution in [-0.2, 0) is 25.5 Å². The molecule has 244 valence electrons. The number of aryl methyl sites for hydroxylation is 1. The van der Waals surface area contributed by atoms with Gasteiger partial charge in [-0.3, -0.25) is 14.5 Å². The Morgan fingerprint density at radius 2 is 1.84 bits per heavy atom. The largest absolute Gasteiger partial charge is 0.479 e. The molecule has 3 heterocycles. The van der Waals surface area contributed by atoms with Gasteiger partial charge in [-0.25, -0.2) is 14.4 Å². The number of nitrogens with zero attached hydrogens (tertiary/aromatic N) is 2. The summed E-state index contributed by atoms with van der Waals surface area (Å²) in [5.41, 5.74) is -0.296. The second kappa shape index (κ2) is 13.1. The number of fused-ring (bicyclic) bond motifs is 3. The van der Waals surface area contributed by atoms with Crippen LogP contribution in [0.25, 0.3) is 0 Å². The summed E-state index contributed by atoms with van der Waals surface area (Å²) in [6, 6.07) is 4.86. The van der Waals surface area contributed by atoms with E-state index in [0.717, 1.165) is 43.4 Å².